The fraction of sp³-hybridized carbons (Fsp3) is 0.154. The first-order valence-electron chi connectivity index (χ1n) is 5.62. The van der Waals surface area contributed by atoms with Crippen molar-refractivity contribution in [3.63, 3.8) is 0 Å². The minimum absolute atomic E-state index is 0.238. The lowest BCUT2D eigenvalue weighted by atomic mass is 10.1. The summed E-state index contributed by atoms with van der Waals surface area (Å²) < 4.78 is 12.9. The Balaban J connectivity index is 2.30. The van der Waals surface area contributed by atoms with E-state index in [-0.39, 0.29) is 18.3 Å². The Morgan fingerprint density at radius 3 is 2.63 bits per heavy atom. The van der Waals surface area contributed by atoms with Crippen molar-refractivity contribution in [1.82, 2.24) is 9.97 Å². The highest BCUT2D eigenvalue weighted by molar-refractivity contribution is 5.72. The Kier molecular flexibility index (Phi) is 3.70. The molecule has 1 heterocycles. The van der Waals surface area contributed by atoms with Gasteiger partial charge in [0.25, 0.3) is 0 Å². The number of aryl methyl sites for hydroxylation is 1. The van der Waals surface area contributed by atoms with E-state index in [1.165, 1.54) is 12.1 Å². The van der Waals surface area contributed by atoms with Crippen LogP contribution in [-0.4, -0.2) is 27.6 Å². The molecule has 2 aromatic rings. The minimum Gasteiger partial charge on any atom is -0.480 e. The SMILES string of the molecule is Cc1cc(-c2ccc(F)cc2)nc(NCC(=O)O)n1. The van der Waals surface area contributed by atoms with Crippen LogP contribution in [0.5, 0.6) is 0 Å². The highest BCUT2D eigenvalue weighted by Gasteiger charge is 2.06. The van der Waals surface area contributed by atoms with Gasteiger partial charge in [-0.1, -0.05) is 0 Å². The summed E-state index contributed by atoms with van der Waals surface area (Å²) in [7, 11) is 0. The Bertz CT molecular complexity index is 599. The third-order valence-electron chi connectivity index (χ3n) is 2.39. The van der Waals surface area contributed by atoms with Crippen molar-refractivity contribution in [2.24, 2.45) is 0 Å². The standard InChI is InChI=1S/C13H12FN3O2/c1-8-6-11(9-2-4-10(14)5-3-9)17-13(16-8)15-7-12(18)19/h2-6H,7H2,1H3,(H,18,19)(H,15,16,17). The molecule has 2 N–H and O–H groups in total. The molecule has 0 saturated carbocycles. The quantitative estimate of drug-likeness (QED) is 0.881. The van der Waals surface area contributed by atoms with E-state index in [1.54, 1.807) is 25.1 Å². The van der Waals surface area contributed by atoms with E-state index in [1.807, 2.05) is 0 Å². The number of nitrogens with one attached hydrogen (secondary N) is 1. The van der Waals surface area contributed by atoms with Gasteiger partial charge in [0, 0.05) is 11.3 Å². The largest absolute Gasteiger partial charge is 0.480 e. The second-order valence-corrected chi connectivity index (χ2v) is 3.97. The summed E-state index contributed by atoms with van der Waals surface area (Å²) in [6, 6.07) is 7.66. The van der Waals surface area contributed by atoms with Crippen molar-refractivity contribution in [3.8, 4) is 11.3 Å². The van der Waals surface area contributed by atoms with Gasteiger partial charge in [0.15, 0.2) is 0 Å². The van der Waals surface area contributed by atoms with Crippen molar-refractivity contribution in [2.75, 3.05) is 11.9 Å². The van der Waals surface area contributed by atoms with E-state index in [2.05, 4.69) is 15.3 Å². The van der Waals surface area contributed by atoms with E-state index in [4.69, 9.17) is 5.11 Å². The molecule has 1 aromatic carbocycles. The average Bonchev–Trinajstić information content (AvgIpc) is 2.36. The number of hydrogen-bond acceptors (Lipinski definition) is 4. The van der Waals surface area contributed by atoms with Crippen LogP contribution in [0.1, 0.15) is 5.69 Å². The number of carboxylic acid groups (broad SMARTS) is 1. The minimum atomic E-state index is -0.992. The molecule has 0 spiro atoms. The van der Waals surface area contributed by atoms with Crippen molar-refractivity contribution in [2.45, 2.75) is 6.92 Å². The Hall–Kier alpha value is -2.50. The van der Waals surface area contributed by atoms with Crippen LogP contribution in [0, 0.1) is 12.7 Å². The van der Waals surface area contributed by atoms with Crippen LogP contribution >= 0.6 is 0 Å². The number of carbonyl (C=O) groups is 1. The van der Waals surface area contributed by atoms with E-state index in [0.717, 1.165) is 5.56 Å². The number of benzene rings is 1. The van der Waals surface area contributed by atoms with E-state index in [9.17, 15) is 9.18 Å². The first-order valence-corrected chi connectivity index (χ1v) is 5.62. The molecule has 0 aliphatic carbocycles. The molecule has 98 valence electrons. The summed E-state index contributed by atoms with van der Waals surface area (Å²) in [5.41, 5.74) is 2.05. The lowest BCUT2D eigenvalue weighted by Crippen LogP contribution is -2.14. The van der Waals surface area contributed by atoms with Gasteiger partial charge < -0.3 is 10.4 Å². The number of aliphatic carboxylic acids is 1. The normalized spacial score (nSPS) is 10.2. The van der Waals surface area contributed by atoms with Crippen molar-refractivity contribution in [1.29, 1.82) is 0 Å². The molecule has 5 nitrogen and oxygen atoms in total. The van der Waals surface area contributed by atoms with Crippen LogP contribution in [0.2, 0.25) is 0 Å². The molecule has 0 aliphatic heterocycles. The van der Waals surface area contributed by atoms with Gasteiger partial charge in [-0.15, -0.1) is 0 Å². The van der Waals surface area contributed by atoms with Gasteiger partial charge in [0.1, 0.15) is 12.4 Å². The van der Waals surface area contributed by atoms with Gasteiger partial charge in [-0.25, -0.2) is 14.4 Å². The molecule has 1 aromatic heterocycles. The van der Waals surface area contributed by atoms with Gasteiger partial charge in [-0.2, -0.15) is 0 Å². The lowest BCUT2D eigenvalue weighted by Gasteiger charge is -2.06. The van der Waals surface area contributed by atoms with E-state index in [0.29, 0.717) is 11.4 Å². The molecular formula is C13H12FN3O2. The smallest absolute Gasteiger partial charge is 0.322 e. The maximum absolute atomic E-state index is 12.9. The molecule has 0 aliphatic rings. The van der Waals surface area contributed by atoms with Gasteiger partial charge >= 0.3 is 5.97 Å². The van der Waals surface area contributed by atoms with E-state index >= 15 is 0 Å². The number of halogens is 1. The zero-order valence-electron chi connectivity index (χ0n) is 10.2. The van der Waals surface area contributed by atoms with Gasteiger partial charge in [0.05, 0.1) is 5.69 Å². The highest BCUT2D eigenvalue weighted by Crippen LogP contribution is 2.19. The number of anilines is 1. The van der Waals surface area contributed by atoms with Crippen LogP contribution in [0.15, 0.2) is 30.3 Å². The maximum atomic E-state index is 12.9. The Labute approximate surface area is 109 Å². The summed E-state index contributed by atoms with van der Waals surface area (Å²) in [5, 5.41) is 11.2. The second-order valence-electron chi connectivity index (χ2n) is 3.97. The number of rotatable bonds is 4. The van der Waals surface area contributed by atoms with Gasteiger partial charge in [-0.05, 0) is 37.3 Å². The third-order valence-corrected chi connectivity index (χ3v) is 2.39. The Morgan fingerprint density at radius 2 is 2.00 bits per heavy atom. The van der Waals surface area contributed by atoms with Gasteiger partial charge in [-0.3, -0.25) is 4.79 Å². The first kappa shape index (κ1) is 12.9. The summed E-state index contributed by atoms with van der Waals surface area (Å²) >= 11 is 0. The van der Waals surface area contributed by atoms with Crippen molar-refractivity contribution in [3.05, 3.63) is 41.8 Å². The molecule has 0 bridgehead atoms. The predicted molar refractivity (Wildman–Crippen MR) is 68.3 cm³/mol. The number of nitrogens with zero attached hydrogens (tertiary/aromatic N) is 2. The van der Waals surface area contributed by atoms with Crippen LogP contribution in [0.25, 0.3) is 11.3 Å². The molecule has 0 unspecified atom stereocenters. The first-order chi connectivity index (χ1) is 9.04. The molecule has 0 saturated heterocycles. The predicted octanol–water partition coefficient (Wildman–Crippen LogP) is 2.09. The lowest BCUT2D eigenvalue weighted by molar-refractivity contribution is -0.134. The second kappa shape index (κ2) is 5.43. The third kappa shape index (κ3) is 3.48. The monoisotopic (exact) mass is 261 g/mol. The van der Waals surface area contributed by atoms with E-state index < -0.39 is 5.97 Å². The molecule has 19 heavy (non-hydrogen) atoms. The number of aromatic nitrogens is 2. The topological polar surface area (TPSA) is 75.1 Å². The van der Waals surface area contributed by atoms with Gasteiger partial charge in [0.2, 0.25) is 5.95 Å². The molecule has 6 heteroatoms. The maximum Gasteiger partial charge on any atom is 0.322 e. The molecule has 0 amide bonds. The number of hydrogen-bond donors (Lipinski definition) is 2. The zero-order chi connectivity index (χ0) is 13.8. The number of carboxylic acids is 1. The van der Waals surface area contributed by atoms with Crippen LogP contribution < -0.4 is 5.32 Å². The molecule has 0 radical (unpaired) electrons. The molecule has 0 atom stereocenters. The summed E-state index contributed by atoms with van der Waals surface area (Å²) in [5.74, 6) is -1.08. The fourth-order valence-electron chi connectivity index (χ4n) is 1.57. The van der Waals surface area contributed by atoms with Crippen LogP contribution in [-0.2, 0) is 4.79 Å². The van der Waals surface area contributed by atoms with Crippen molar-refractivity contribution < 1.29 is 14.3 Å². The molecule has 2 rings (SSSR count). The highest BCUT2D eigenvalue weighted by atomic mass is 19.1. The van der Waals surface area contributed by atoms with Crippen molar-refractivity contribution >= 4 is 11.9 Å². The zero-order valence-corrected chi connectivity index (χ0v) is 10.2. The van der Waals surface area contributed by atoms with Crippen LogP contribution in [0.4, 0.5) is 10.3 Å². The average molecular weight is 261 g/mol. The molecule has 0 fully saturated rings. The molecular weight excluding hydrogens is 249 g/mol. The fourth-order valence-corrected chi connectivity index (χ4v) is 1.57. The van der Waals surface area contributed by atoms with Crippen LogP contribution in [0.3, 0.4) is 0 Å². The summed E-state index contributed by atoms with van der Waals surface area (Å²) in [6.07, 6.45) is 0. The summed E-state index contributed by atoms with van der Waals surface area (Å²) in [6.45, 7) is 1.52. The Morgan fingerprint density at radius 1 is 1.32 bits per heavy atom. The summed E-state index contributed by atoms with van der Waals surface area (Å²) in [4.78, 5) is 18.8.